The van der Waals surface area contributed by atoms with Gasteiger partial charge in [-0.05, 0) is 42.1 Å². The summed E-state index contributed by atoms with van der Waals surface area (Å²) in [5.74, 6) is -0.0705. The molecule has 3 nitrogen and oxygen atoms in total. The van der Waals surface area contributed by atoms with Gasteiger partial charge in [-0.1, -0.05) is 24.3 Å². The smallest absolute Gasteiger partial charge is 0.264 e. The molecule has 20 heavy (non-hydrogen) atoms. The van der Waals surface area contributed by atoms with Crippen molar-refractivity contribution in [3.05, 3.63) is 70.3 Å². The number of fused-ring (bicyclic) bond motifs is 1. The van der Waals surface area contributed by atoms with Crippen molar-refractivity contribution in [3.63, 3.8) is 0 Å². The maximum absolute atomic E-state index is 13.7. The summed E-state index contributed by atoms with van der Waals surface area (Å²) in [6.07, 6.45) is 0. The molecule has 0 aliphatic heterocycles. The van der Waals surface area contributed by atoms with E-state index in [-0.39, 0.29) is 17.2 Å². The molecule has 0 bridgehead atoms. The summed E-state index contributed by atoms with van der Waals surface area (Å²) >= 11 is 0. The maximum atomic E-state index is 13.7. The van der Waals surface area contributed by atoms with Gasteiger partial charge in [0.1, 0.15) is 11.6 Å². The topological polar surface area (TPSA) is 48.0 Å². The molecule has 3 aromatic rings. The SMILES string of the molecule is Cc1ccc(-n2c(N)cc3ccccc3c2=O)cc1F. The molecule has 3 rings (SSSR count). The van der Waals surface area contributed by atoms with E-state index < -0.39 is 0 Å². The Kier molecular flexibility index (Phi) is 2.79. The zero-order valence-corrected chi connectivity index (χ0v) is 10.9. The fourth-order valence-electron chi connectivity index (χ4n) is 2.27. The molecule has 2 aromatic carbocycles. The number of nitrogens with zero attached hydrogens (tertiary/aromatic N) is 1. The number of anilines is 1. The third-order valence-electron chi connectivity index (χ3n) is 3.37. The van der Waals surface area contributed by atoms with Crippen LogP contribution in [0.5, 0.6) is 0 Å². The number of aryl methyl sites for hydroxylation is 1. The molecule has 0 aliphatic rings. The number of hydrogen-bond donors (Lipinski definition) is 1. The van der Waals surface area contributed by atoms with Gasteiger partial charge in [-0.15, -0.1) is 0 Å². The molecule has 4 heteroatoms. The van der Waals surface area contributed by atoms with Crippen molar-refractivity contribution in [2.45, 2.75) is 6.92 Å². The molecule has 0 amide bonds. The van der Waals surface area contributed by atoms with Gasteiger partial charge in [0.2, 0.25) is 0 Å². The summed E-state index contributed by atoms with van der Waals surface area (Å²) in [5, 5.41) is 1.33. The van der Waals surface area contributed by atoms with E-state index in [1.54, 1.807) is 37.3 Å². The average Bonchev–Trinajstić information content (AvgIpc) is 2.43. The van der Waals surface area contributed by atoms with Gasteiger partial charge >= 0.3 is 0 Å². The minimum Gasteiger partial charge on any atom is -0.385 e. The zero-order valence-electron chi connectivity index (χ0n) is 10.9. The monoisotopic (exact) mass is 268 g/mol. The zero-order chi connectivity index (χ0) is 14.3. The van der Waals surface area contributed by atoms with Gasteiger partial charge in [-0.3, -0.25) is 9.36 Å². The van der Waals surface area contributed by atoms with Crippen LogP contribution in [0.3, 0.4) is 0 Å². The number of nitrogens with two attached hydrogens (primary N) is 1. The largest absolute Gasteiger partial charge is 0.385 e. The number of benzene rings is 2. The van der Waals surface area contributed by atoms with E-state index in [0.29, 0.717) is 16.6 Å². The first-order chi connectivity index (χ1) is 9.58. The molecule has 0 spiro atoms. The minimum atomic E-state index is -0.359. The molecular formula is C16H13FN2O. The number of rotatable bonds is 1. The van der Waals surface area contributed by atoms with Crippen LogP contribution in [0.1, 0.15) is 5.56 Å². The van der Waals surface area contributed by atoms with Gasteiger partial charge < -0.3 is 5.73 Å². The number of pyridine rings is 1. The van der Waals surface area contributed by atoms with E-state index >= 15 is 0 Å². The van der Waals surface area contributed by atoms with E-state index in [1.165, 1.54) is 10.6 Å². The van der Waals surface area contributed by atoms with Crippen molar-refractivity contribution >= 4 is 16.6 Å². The van der Waals surface area contributed by atoms with Gasteiger partial charge in [-0.25, -0.2) is 4.39 Å². The quantitative estimate of drug-likeness (QED) is 0.737. The van der Waals surface area contributed by atoms with E-state index in [9.17, 15) is 9.18 Å². The van der Waals surface area contributed by atoms with Crippen molar-refractivity contribution < 1.29 is 4.39 Å². The Balaban J connectivity index is 2.36. The Morgan fingerprint density at radius 3 is 2.60 bits per heavy atom. The lowest BCUT2D eigenvalue weighted by Crippen LogP contribution is -2.21. The number of nitrogen functional groups attached to an aromatic ring is 1. The third-order valence-corrected chi connectivity index (χ3v) is 3.37. The Morgan fingerprint density at radius 2 is 1.85 bits per heavy atom. The Hall–Kier alpha value is -2.62. The molecule has 100 valence electrons. The van der Waals surface area contributed by atoms with Crippen molar-refractivity contribution in [1.29, 1.82) is 0 Å². The predicted molar refractivity (Wildman–Crippen MR) is 78.7 cm³/mol. The second kappa shape index (κ2) is 4.49. The van der Waals surface area contributed by atoms with Crippen molar-refractivity contribution in [2.24, 2.45) is 0 Å². The second-order valence-electron chi connectivity index (χ2n) is 4.73. The summed E-state index contributed by atoms with van der Waals surface area (Å²) in [5.41, 5.74) is 6.66. The normalized spacial score (nSPS) is 10.9. The fraction of sp³-hybridized carbons (Fsp3) is 0.0625. The van der Waals surface area contributed by atoms with Crippen LogP contribution in [-0.4, -0.2) is 4.57 Å². The molecule has 1 aromatic heterocycles. The molecule has 2 N–H and O–H groups in total. The van der Waals surface area contributed by atoms with Crippen LogP contribution in [0.2, 0.25) is 0 Å². The highest BCUT2D eigenvalue weighted by Gasteiger charge is 2.10. The van der Waals surface area contributed by atoms with E-state index in [0.717, 1.165) is 5.39 Å². The summed E-state index contributed by atoms with van der Waals surface area (Å²) < 4.78 is 15.0. The second-order valence-corrected chi connectivity index (χ2v) is 4.73. The van der Waals surface area contributed by atoms with Crippen LogP contribution >= 0.6 is 0 Å². The molecule has 0 fully saturated rings. The molecule has 1 heterocycles. The molecule has 0 atom stereocenters. The van der Waals surface area contributed by atoms with E-state index in [2.05, 4.69) is 0 Å². The van der Waals surface area contributed by atoms with Crippen molar-refractivity contribution in [3.8, 4) is 5.69 Å². The third kappa shape index (κ3) is 1.86. The summed E-state index contributed by atoms with van der Waals surface area (Å²) in [4.78, 5) is 12.5. The average molecular weight is 268 g/mol. The minimum absolute atomic E-state index is 0.246. The first-order valence-electron chi connectivity index (χ1n) is 6.25. The maximum Gasteiger partial charge on any atom is 0.264 e. The molecule has 0 radical (unpaired) electrons. The van der Waals surface area contributed by atoms with Crippen LogP contribution in [-0.2, 0) is 0 Å². The van der Waals surface area contributed by atoms with Gasteiger partial charge in [-0.2, -0.15) is 0 Å². The Labute approximate surface area is 115 Å². The van der Waals surface area contributed by atoms with Crippen molar-refractivity contribution in [1.82, 2.24) is 4.57 Å². The first-order valence-corrected chi connectivity index (χ1v) is 6.25. The standard InChI is InChI=1S/C16H13FN2O/c1-10-6-7-12(9-14(10)17)19-15(18)8-11-4-2-3-5-13(11)16(19)20/h2-9H,18H2,1H3. The summed E-state index contributed by atoms with van der Waals surface area (Å²) in [7, 11) is 0. The highest BCUT2D eigenvalue weighted by atomic mass is 19.1. The lowest BCUT2D eigenvalue weighted by molar-refractivity contribution is 0.617. The molecular weight excluding hydrogens is 255 g/mol. The Morgan fingerprint density at radius 1 is 1.10 bits per heavy atom. The van der Waals surface area contributed by atoms with Crippen LogP contribution in [0.15, 0.2) is 53.3 Å². The lowest BCUT2D eigenvalue weighted by atomic mass is 10.1. The molecule has 0 saturated heterocycles. The predicted octanol–water partition coefficient (Wildman–Crippen LogP) is 3.02. The summed E-state index contributed by atoms with van der Waals surface area (Å²) in [6.45, 7) is 1.67. The number of aromatic nitrogens is 1. The van der Waals surface area contributed by atoms with Crippen LogP contribution in [0.25, 0.3) is 16.5 Å². The Bertz CT molecular complexity index is 868. The molecule has 0 saturated carbocycles. The van der Waals surface area contributed by atoms with Crippen LogP contribution < -0.4 is 11.3 Å². The van der Waals surface area contributed by atoms with Gasteiger partial charge in [0.15, 0.2) is 0 Å². The van der Waals surface area contributed by atoms with Crippen LogP contribution in [0.4, 0.5) is 10.2 Å². The molecule has 0 aliphatic carbocycles. The van der Waals surface area contributed by atoms with Crippen molar-refractivity contribution in [2.75, 3.05) is 5.73 Å². The first kappa shape index (κ1) is 12.4. The number of hydrogen-bond acceptors (Lipinski definition) is 2. The summed E-state index contributed by atoms with van der Waals surface area (Å²) in [6, 6.07) is 13.6. The van der Waals surface area contributed by atoms with Crippen LogP contribution in [0, 0.1) is 12.7 Å². The van der Waals surface area contributed by atoms with Gasteiger partial charge in [0.25, 0.3) is 5.56 Å². The highest BCUT2D eigenvalue weighted by molar-refractivity contribution is 5.84. The van der Waals surface area contributed by atoms with E-state index in [1.807, 2.05) is 12.1 Å². The highest BCUT2D eigenvalue weighted by Crippen LogP contribution is 2.19. The van der Waals surface area contributed by atoms with Gasteiger partial charge in [0, 0.05) is 5.39 Å². The fourth-order valence-corrected chi connectivity index (χ4v) is 2.27. The van der Waals surface area contributed by atoms with E-state index in [4.69, 9.17) is 5.73 Å². The van der Waals surface area contributed by atoms with Gasteiger partial charge in [0.05, 0.1) is 5.69 Å². The molecule has 0 unspecified atom stereocenters. The lowest BCUT2D eigenvalue weighted by Gasteiger charge is -2.12. The number of halogens is 1.